The second kappa shape index (κ2) is 9.28. The lowest BCUT2D eigenvalue weighted by molar-refractivity contribution is -0.148. The van der Waals surface area contributed by atoms with Crippen LogP contribution in [-0.4, -0.2) is 23.6 Å². The third kappa shape index (κ3) is 5.60. The summed E-state index contributed by atoms with van der Waals surface area (Å²) in [7, 11) is 0. The van der Waals surface area contributed by atoms with Gasteiger partial charge in [-0.05, 0) is 30.0 Å². The van der Waals surface area contributed by atoms with Gasteiger partial charge in [-0.2, -0.15) is 0 Å². The van der Waals surface area contributed by atoms with Crippen molar-refractivity contribution in [3.63, 3.8) is 0 Å². The lowest BCUT2D eigenvalue weighted by Crippen LogP contribution is -2.33. The fourth-order valence-electron chi connectivity index (χ4n) is 3.23. The Labute approximate surface area is 169 Å². The highest BCUT2D eigenvalue weighted by Crippen LogP contribution is 2.25. The van der Waals surface area contributed by atoms with Crippen molar-refractivity contribution >= 4 is 22.8 Å². The molecule has 3 aromatic rings. The minimum Gasteiger partial charge on any atom is -0.508 e. The van der Waals surface area contributed by atoms with E-state index in [2.05, 4.69) is 19.2 Å². The zero-order valence-electron chi connectivity index (χ0n) is 16.6. The first-order valence-corrected chi connectivity index (χ1v) is 9.61. The van der Waals surface area contributed by atoms with Gasteiger partial charge in [0, 0.05) is 17.0 Å². The van der Waals surface area contributed by atoms with Gasteiger partial charge < -0.3 is 19.6 Å². The highest BCUT2D eigenvalue weighted by Gasteiger charge is 2.18. The zero-order chi connectivity index (χ0) is 20.8. The van der Waals surface area contributed by atoms with E-state index in [9.17, 15) is 14.7 Å². The van der Waals surface area contributed by atoms with Crippen molar-refractivity contribution in [1.29, 1.82) is 0 Å². The quantitative estimate of drug-likeness (QED) is 0.560. The molecule has 0 aliphatic heterocycles. The van der Waals surface area contributed by atoms with E-state index >= 15 is 0 Å². The third-order valence-electron chi connectivity index (χ3n) is 4.58. The molecule has 0 fully saturated rings. The molecule has 29 heavy (non-hydrogen) atoms. The van der Waals surface area contributed by atoms with E-state index in [1.807, 2.05) is 30.3 Å². The number of furan rings is 1. The standard InChI is InChI=1S/C23H25NO5/c1-15(2)10-20(16-6-4-3-5-7-16)24-22(26)14-29-23(27)11-17-13-28-21-12-18(25)8-9-19(17)21/h3-9,12-13,15,20,25H,10-11,14H2,1-2H3,(H,24,26)/t20-/m0/s1. The Hall–Kier alpha value is -3.28. The molecule has 6 heteroatoms. The van der Waals surface area contributed by atoms with Crippen molar-refractivity contribution in [3.05, 3.63) is 65.9 Å². The summed E-state index contributed by atoms with van der Waals surface area (Å²) < 4.78 is 10.5. The lowest BCUT2D eigenvalue weighted by Gasteiger charge is -2.21. The highest BCUT2D eigenvalue weighted by atomic mass is 16.5. The summed E-state index contributed by atoms with van der Waals surface area (Å²) in [4.78, 5) is 24.5. The molecule has 0 unspecified atom stereocenters. The average molecular weight is 395 g/mol. The Morgan fingerprint density at radius 3 is 2.62 bits per heavy atom. The summed E-state index contributed by atoms with van der Waals surface area (Å²) in [6.45, 7) is 3.85. The number of ether oxygens (including phenoxy) is 1. The van der Waals surface area contributed by atoms with Crippen LogP contribution in [0, 0.1) is 5.92 Å². The van der Waals surface area contributed by atoms with Gasteiger partial charge in [0.25, 0.3) is 5.91 Å². The van der Waals surface area contributed by atoms with Crippen molar-refractivity contribution in [2.75, 3.05) is 6.61 Å². The van der Waals surface area contributed by atoms with Gasteiger partial charge in [0.2, 0.25) is 0 Å². The van der Waals surface area contributed by atoms with Gasteiger partial charge in [-0.25, -0.2) is 0 Å². The molecule has 0 aliphatic carbocycles. The van der Waals surface area contributed by atoms with E-state index < -0.39 is 5.97 Å². The van der Waals surface area contributed by atoms with Gasteiger partial charge in [-0.15, -0.1) is 0 Å². The number of phenolic OH excluding ortho intramolecular Hbond substituents is 1. The van der Waals surface area contributed by atoms with Gasteiger partial charge in [0.1, 0.15) is 11.3 Å². The van der Waals surface area contributed by atoms with Crippen molar-refractivity contribution in [2.24, 2.45) is 5.92 Å². The molecule has 6 nitrogen and oxygen atoms in total. The second-order valence-electron chi connectivity index (χ2n) is 7.44. The fourth-order valence-corrected chi connectivity index (χ4v) is 3.23. The topological polar surface area (TPSA) is 88.8 Å². The summed E-state index contributed by atoms with van der Waals surface area (Å²) in [6.07, 6.45) is 2.23. The molecule has 0 saturated carbocycles. The van der Waals surface area contributed by atoms with E-state index in [-0.39, 0.29) is 30.7 Å². The average Bonchev–Trinajstić information content (AvgIpc) is 3.08. The van der Waals surface area contributed by atoms with Crippen LogP contribution in [-0.2, 0) is 20.7 Å². The van der Waals surface area contributed by atoms with Crippen LogP contribution in [0.2, 0.25) is 0 Å². The van der Waals surface area contributed by atoms with Crippen molar-refractivity contribution in [2.45, 2.75) is 32.7 Å². The predicted molar refractivity (Wildman–Crippen MR) is 109 cm³/mol. The molecule has 0 aliphatic rings. The number of hydrogen-bond donors (Lipinski definition) is 2. The van der Waals surface area contributed by atoms with Crippen LogP contribution in [0.25, 0.3) is 11.0 Å². The Balaban J connectivity index is 1.55. The predicted octanol–water partition coefficient (Wildman–Crippen LogP) is 4.13. The van der Waals surface area contributed by atoms with Crippen molar-refractivity contribution < 1.29 is 23.8 Å². The first-order valence-electron chi connectivity index (χ1n) is 9.61. The summed E-state index contributed by atoms with van der Waals surface area (Å²) in [5, 5.41) is 13.2. The normalized spacial score (nSPS) is 12.1. The Kier molecular flexibility index (Phi) is 6.54. The maximum Gasteiger partial charge on any atom is 0.310 e. The van der Waals surface area contributed by atoms with Gasteiger partial charge >= 0.3 is 5.97 Å². The molecule has 3 rings (SSSR count). The number of hydrogen-bond acceptors (Lipinski definition) is 5. The maximum atomic E-state index is 12.3. The summed E-state index contributed by atoms with van der Waals surface area (Å²) >= 11 is 0. The lowest BCUT2D eigenvalue weighted by atomic mass is 9.97. The van der Waals surface area contributed by atoms with Crippen LogP contribution >= 0.6 is 0 Å². The summed E-state index contributed by atoms with van der Waals surface area (Å²) in [5.41, 5.74) is 2.16. The van der Waals surface area contributed by atoms with Crippen LogP contribution in [0.1, 0.15) is 37.4 Å². The first-order chi connectivity index (χ1) is 13.9. The van der Waals surface area contributed by atoms with Crippen LogP contribution in [0.15, 0.2) is 59.2 Å². The first kappa shape index (κ1) is 20.5. The third-order valence-corrected chi connectivity index (χ3v) is 4.58. The molecule has 1 amide bonds. The number of amides is 1. The van der Waals surface area contributed by atoms with Crippen molar-refractivity contribution in [3.8, 4) is 5.75 Å². The molecule has 152 valence electrons. The maximum absolute atomic E-state index is 12.3. The van der Waals surface area contributed by atoms with Gasteiger partial charge in [0.05, 0.1) is 18.7 Å². The molecule has 0 bridgehead atoms. The van der Waals surface area contributed by atoms with Crippen LogP contribution in [0.4, 0.5) is 0 Å². The molecular weight excluding hydrogens is 370 g/mol. The highest BCUT2D eigenvalue weighted by molar-refractivity contribution is 5.87. The Morgan fingerprint density at radius 1 is 1.14 bits per heavy atom. The molecule has 2 N–H and O–H groups in total. The second-order valence-corrected chi connectivity index (χ2v) is 7.44. The molecule has 2 aromatic carbocycles. The van der Waals surface area contributed by atoms with E-state index in [0.29, 0.717) is 17.1 Å². The van der Waals surface area contributed by atoms with E-state index in [1.165, 1.54) is 18.4 Å². The number of rotatable bonds is 8. The molecular formula is C23H25NO5. The molecule has 1 aromatic heterocycles. The number of esters is 1. The number of nitrogens with one attached hydrogen (secondary N) is 1. The Morgan fingerprint density at radius 2 is 1.90 bits per heavy atom. The smallest absolute Gasteiger partial charge is 0.310 e. The van der Waals surface area contributed by atoms with Crippen LogP contribution in [0.3, 0.4) is 0 Å². The van der Waals surface area contributed by atoms with Gasteiger partial charge in [-0.1, -0.05) is 44.2 Å². The monoisotopic (exact) mass is 395 g/mol. The molecule has 1 heterocycles. The van der Waals surface area contributed by atoms with Crippen LogP contribution < -0.4 is 5.32 Å². The van der Waals surface area contributed by atoms with Crippen molar-refractivity contribution in [1.82, 2.24) is 5.32 Å². The van der Waals surface area contributed by atoms with E-state index in [1.54, 1.807) is 6.07 Å². The minimum atomic E-state index is -0.518. The number of fused-ring (bicyclic) bond motifs is 1. The summed E-state index contributed by atoms with van der Waals surface area (Å²) in [6, 6.07) is 14.3. The number of carbonyl (C=O) groups is 2. The van der Waals surface area contributed by atoms with E-state index in [4.69, 9.17) is 9.15 Å². The molecule has 0 spiro atoms. The van der Waals surface area contributed by atoms with Gasteiger partial charge in [-0.3, -0.25) is 9.59 Å². The zero-order valence-corrected chi connectivity index (χ0v) is 16.6. The van der Waals surface area contributed by atoms with Gasteiger partial charge in [0.15, 0.2) is 6.61 Å². The molecule has 0 radical (unpaired) electrons. The fraction of sp³-hybridized carbons (Fsp3) is 0.304. The SMILES string of the molecule is CC(C)C[C@H](NC(=O)COC(=O)Cc1coc2cc(O)ccc12)c1ccccc1. The Bertz CT molecular complexity index is 977. The van der Waals surface area contributed by atoms with Crippen LogP contribution in [0.5, 0.6) is 5.75 Å². The molecule has 0 saturated heterocycles. The number of aromatic hydroxyl groups is 1. The number of phenols is 1. The minimum absolute atomic E-state index is 0.0147. The number of benzene rings is 2. The molecule has 1 atom stereocenters. The van der Waals surface area contributed by atoms with E-state index in [0.717, 1.165) is 17.4 Å². The number of carbonyl (C=O) groups excluding carboxylic acids is 2. The summed E-state index contributed by atoms with van der Waals surface area (Å²) in [5.74, 6) is -0.366. The largest absolute Gasteiger partial charge is 0.508 e.